The van der Waals surface area contributed by atoms with Crippen LogP contribution < -0.4 is 21.5 Å². The molecule has 37 heavy (non-hydrogen) atoms. The molecule has 1 aromatic carbocycles. The normalized spacial score (nSPS) is 14.5. The first kappa shape index (κ1) is 26.1. The molecule has 194 valence electrons. The first-order valence-corrected chi connectivity index (χ1v) is 12.9. The number of hydrogen-bond acceptors (Lipinski definition) is 8. The molecule has 2 aromatic heterocycles. The second-order valence-corrected chi connectivity index (χ2v) is 9.73. The summed E-state index contributed by atoms with van der Waals surface area (Å²) in [4.78, 5) is 45.2. The number of ether oxygens (including phenoxy) is 1. The molecule has 2 heterocycles. The second-order valence-electron chi connectivity index (χ2n) is 8.95. The topological polar surface area (TPSA) is 154 Å². The van der Waals surface area contributed by atoms with Crippen molar-refractivity contribution in [3.05, 3.63) is 70.5 Å². The smallest absolute Gasteiger partial charge is 0.270 e. The summed E-state index contributed by atoms with van der Waals surface area (Å²) in [5, 5.41) is 3.16. The number of benzene rings is 1. The Balaban J connectivity index is 1.77. The summed E-state index contributed by atoms with van der Waals surface area (Å²) in [6, 6.07) is 9.64. The average molecular weight is 523 g/mol. The molecule has 10 nitrogen and oxygen atoms in total. The lowest BCUT2D eigenvalue weighted by Gasteiger charge is -2.33. The molecule has 1 aliphatic carbocycles. The lowest BCUT2D eigenvalue weighted by Crippen LogP contribution is -2.46. The Morgan fingerprint density at radius 2 is 1.89 bits per heavy atom. The van der Waals surface area contributed by atoms with Crippen molar-refractivity contribution in [2.24, 2.45) is 5.73 Å². The fourth-order valence-electron chi connectivity index (χ4n) is 4.51. The molecule has 0 aliphatic heterocycles. The van der Waals surface area contributed by atoms with E-state index in [9.17, 15) is 14.4 Å². The first-order valence-electron chi connectivity index (χ1n) is 12.1. The van der Waals surface area contributed by atoms with Crippen molar-refractivity contribution in [1.82, 2.24) is 19.6 Å². The number of primary amides is 1. The SMILES string of the molecule is COc1ccc([C@@H](C(=O)NC2CCCCC2)N(Cc2cccnc2)C(=O)c2snc(C(N)=O)c2N)cc1. The van der Waals surface area contributed by atoms with Gasteiger partial charge in [0.2, 0.25) is 5.91 Å². The van der Waals surface area contributed by atoms with Gasteiger partial charge < -0.3 is 26.4 Å². The summed E-state index contributed by atoms with van der Waals surface area (Å²) in [6.45, 7) is 0.0741. The highest BCUT2D eigenvalue weighted by molar-refractivity contribution is 7.09. The summed E-state index contributed by atoms with van der Waals surface area (Å²) in [5.41, 5.74) is 12.5. The number of pyridine rings is 1. The lowest BCUT2D eigenvalue weighted by molar-refractivity contribution is -0.127. The molecule has 1 fully saturated rings. The third-order valence-electron chi connectivity index (χ3n) is 6.44. The second kappa shape index (κ2) is 11.8. The fraction of sp³-hybridized carbons (Fsp3) is 0.346. The molecular weight excluding hydrogens is 492 g/mol. The van der Waals surface area contributed by atoms with Gasteiger partial charge in [0, 0.05) is 25.0 Å². The van der Waals surface area contributed by atoms with Crippen LogP contribution in [0.2, 0.25) is 0 Å². The van der Waals surface area contributed by atoms with E-state index in [-0.39, 0.29) is 34.8 Å². The van der Waals surface area contributed by atoms with Crippen LogP contribution in [0.3, 0.4) is 0 Å². The molecule has 4 rings (SSSR count). The molecule has 1 saturated carbocycles. The average Bonchev–Trinajstić information content (AvgIpc) is 3.31. The van der Waals surface area contributed by atoms with E-state index in [2.05, 4.69) is 14.7 Å². The predicted molar refractivity (Wildman–Crippen MR) is 140 cm³/mol. The van der Waals surface area contributed by atoms with Gasteiger partial charge >= 0.3 is 0 Å². The summed E-state index contributed by atoms with van der Waals surface area (Å²) in [7, 11) is 1.56. The maximum Gasteiger partial charge on any atom is 0.270 e. The van der Waals surface area contributed by atoms with Gasteiger partial charge in [-0.25, -0.2) is 0 Å². The zero-order valence-corrected chi connectivity index (χ0v) is 21.4. The highest BCUT2D eigenvalue weighted by Crippen LogP contribution is 2.31. The number of nitrogens with zero attached hydrogens (tertiary/aromatic N) is 3. The Morgan fingerprint density at radius 3 is 2.49 bits per heavy atom. The van der Waals surface area contributed by atoms with Crippen molar-refractivity contribution in [1.29, 1.82) is 0 Å². The largest absolute Gasteiger partial charge is 0.497 e. The minimum atomic E-state index is -0.987. The summed E-state index contributed by atoms with van der Waals surface area (Å²) in [6.07, 6.45) is 8.28. The molecule has 0 bridgehead atoms. The van der Waals surface area contributed by atoms with Crippen molar-refractivity contribution in [2.75, 3.05) is 12.8 Å². The van der Waals surface area contributed by atoms with Crippen molar-refractivity contribution in [3.8, 4) is 5.75 Å². The van der Waals surface area contributed by atoms with Gasteiger partial charge in [0.15, 0.2) is 5.69 Å². The maximum absolute atomic E-state index is 14.0. The third-order valence-corrected chi connectivity index (χ3v) is 7.29. The van der Waals surface area contributed by atoms with Gasteiger partial charge in [-0.15, -0.1) is 0 Å². The van der Waals surface area contributed by atoms with Crippen LogP contribution in [0.15, 0.2) is 48.8 Å². The van der Waals surface area contributed by atoms with Crippen molar-refractivity contribution in [2.45, 2.75) is 50.7 Å². The Hall–Kier alpha value is -3.99. The number of methoxy groups -OCH3 is 1. The minimum Gasteiger partial charge on any atom is -0.497 e. The molecule has 0 saturated heterocycles. The number of rotatable bonds is 9. The van der Waals surface area contributed by atoms with Crippen molar-refractivity contribution >= 4 is 34.9 Å². The highest BCUT2D eigenvalue weighted by atomic mass is 32.1. The molecule has 0 unspecified atom stereocenters. The number of nitrogens with one attached hydrogen (secondary N) is 1. The highest BCUT2D eigenvalue weighted by Gasteiger charge is 2.36. The van der Waals surface area contributed by atoms with Gasteiger partial charge in [-0.05, 0) is 53.7 Å². The van der Waals surface area contributed by atoms with E-state index < -0.39 is 17.9 Å². The van der Waals surface area contributed by atoms with Crippen LogP contribution in [0.5, 0.6) is 5.75 Å². The van der Waals surface area contributed by atoms with E-state index in [4.69, 9.17) is 16.2 Å². The van der Waals surface area contributed by atoms with Gasteiger partial charge in [0.05, 0.1) is 12.8 Å². The number of aromatic nitrogens is 2. The van der Waals surface area contributed by atoms with Crippen LogP contribution in [0.4, 0.5) is 5.69 Å². The number of anilines is 1. The summed E-state index contributed by atoms with van der Waals surface area (Å²) >= 11 is 0.783. The van der Waals surface area contributed by atoms with Gasteiger partial charge in [0.1, 0.15) is 16.7 Å². The molecule has 0 radical (unpaired) electrons. The van der Waals surface area contributed by atoms with Crippen LogP contribution >= 0.6 is 11.5 Å². The third kappa shape index (κ3) is 6.05. The van der Waals surface area contributed by atoms with Crippen LogP contribution in [-0.2, 0) is 11.3 Å². The van der Waals surface area contributed by atoms with Gasteiger partial charge in [0.25, 0.3) is 11.8 Å². The zero-order chi connectivity index (χ0) is 26.4. The van der Waals surface area contributed by atoms with E-state index in [0.717, 1.165) is 49.2 Å². The standard InChI is InChI=1S/C26H30N6O4S/c1-36-19-11-9-17(10-12-19)22(25(34)30-18-7-3-2-4-8-18)32(15-16-6-5-13-29-14-16)26(35)23-20(27)21(24(28)33)31-37-23/h5-6,9-14,18,22H,2-4,7-8,15,27H2,1H3,(H2,28,33)(H,30,34)/t22-/m0/s1. The van der Waals surface area contributed by atoms with Gasteiger partial charge in [-0.3, -0.25) is 19.4 Å². The molecular formula is C26H30N6O4S. The van der Waals surface area contributed by atoms with Crippen LogP contribution in [-0.4, -0.2) is 45.1 Å². The molecule has 3 aromatic rings. The summed E-state index contributed by atoms with van der Waals surface area (Å²) in [5.74, 6) is -1.04. The number of amides is 3. The Labute approximate surface area is 219 Å². The molecule has 1 atom stereocenters. The Bertz CT molecular complexity index is 1240. The van der Waals surface area contributed by atoms with E-state index in [1.54, 1.807) is 49.8 Å². The quantitative estimate of drug-likeness (QED) is 0.390. The number of carbonyl (C=O) groups excluding carboxylic acids is 3. The first-order chi connectivity index (χ1) is 17.9. The zero-order valence-electron chi connectivity index (χ0n) is 20.6. The van der Waals surface area contributed by atoms with Gasteiger partial charge in [-0.1, -0.05) is 37.5 Å². The Morgan fingerprint density at radius 1 is 1.16 bits per heavy atom. The molecule has 5 N–H and O–H groups in total. The van der Waals surface area contributed by atoms with Crippen molar-refractivity contribution in [3.63, 3.8) is 0 Å². The van der Waals surface area contributed by atoms with Crippen LogP contribution in [0.1, 0.15) is 69.4 Å². The van der Waals surface area contributed by atoms with Crippen molar-refractivity contribution < 1.29 is 19.1 Å². The number of nitrogens with two attached hydrogens (primary N) is 2. The summed E-state index contributed by atoms with van der Waals surface area (Å²) < 4.78 is 9.27. The van der Waals surface area contributed by atoms with Crippen LogP contribution in [0, 0.1) is 0 Å². The molecule has 11 heteroatoms. The molecule has 1 aliphatic rings. The molecule has 3 amide bonds. The lowest BCUT2D eigenvalue weighted by atomic mass is 9.94. The molecule has 0 spiro atoms. The maximum atomic E-state index is 14.0. The van der Waals surface area contributed by atoms with E-state index in [1.165, 1.54) is 4.90 Å². The Kier molecular flexibility index (Phi) is 8.34. The fourth-order valence-corrected chi connectivity index (χ4v) is 5.28. The van der Waals surface area contributed by atoms with E-state index in [0.29, 0.717) is 11.3 Å². The van der Waals surface area contributed by atoms with E-state index >= 15 is 0 Å². The number of nitrogen functional groups attached to an aromatic ring is 1. The van der Waals surface area contributed by atoms with Gasteiger partial charge in [-0.2, -0.15) is 4.37 Å². The minimum absolute atomic E-state index is 0.0345. The van der Waals surface area contributed by atoms with E-state index in [1.807, 2.05) is 6.07 Å². The van der Waals surface area contributed by atoms with Crippen LogP contribution in [0.25, 0.3) is 0 Å². The monoisotopic (exact) mass is 522 g/mol. The number of carbonyl (C=O) groups is 3. The number of hydrogen-bond donors (Lipinski definition) is 3. The predicted octanol–water partition coefficient (Wildman–Crippen LogP) is 3.06.